The maximum absolute atomic E-state index is 14.0. The zero-order valence-electron chi connectivity index (χ0n) is 16.9. The van der Waals surface area contributed by atoms with Gasteiger partial charge in [0, 0.05) is 5.69 Å². The van der Waals surface area contributed by atoms with Gasteiger partial charge in [0.2, 0.25) is 5.91 Å². The number of ether oxygens (including phenoxy) is 2. The minimum absolute atomic E-state index is 0.0185. The van der Waals surface area contributed by atoms with E-state index in [1.165, 1.54) is 18.2 Å². The van der Waals surface area contributed by atoms with Gasteiger partial charge < -0.3 is 14.8 Å². The number of esters is 2. The summed E-state index contributed by atoms with van der Waals surface area (Å²) in [6.45, 7) is 3.44. The highest BCUT2D eigenvalue weighted by Crippen LogP contribution is 2.45. The number of carbonyl (C=O) groups excluding carboxylic acids is 3. The second-order valence-corrected chi connectivity index (χ2v) is 7.15. The number of benzene rings is 2. The Hall–Kier alpha value is -3.22. The number of carbonyl (C=O) groups is 3. The number of amides is 1. The van der Waals surface area contributed by atoms with Crippen molar-refractivity contribution in [2.75, 3.05) is 18.5 Å². The molecule has 0 saturated heterocycles. The third-order valence-corrected chi connectivity index (χ3v) is 5.22. The highest BCUT2D eigenvalue weighted by Gasteiger charge is 2.54. The van der Waals surface area contributed by atoms with E-state index in [1.54, 1.807) is 38.1 Å². The molecule has 2 aromatic carbocycles. The summed E-state index contributed by atoms with van der Waals surface area (Å²) in [5, 5.41) is 2.79. The van der Waals surface area contributed by atoms with E-state index in [0.29, 0.717) is 16.8 Å². The Labute approximate surface area is 174 Å². The lowest BCUT2D eigenvalue weighted by Crippen LogP contribution is -2.48. The van der Waals surface area contributed by atoms with Crippen LogP contribution in [0, 0.1) is 11.2 Å². The number of halogens is 1. The van der Waals surface area contributed by atoms with Gasteiger partial charge in [-0.3, -0.25) is 14.4 Å². The molecule has 30 heavy (non-hydrogen) atoms. The van der Waals surface area contributed by atoms with E-state index in [9.17, 15) is 18.8 Å². The fraction of sp³-hybridized carbons (Fsp3) is 0.348. The Kier molecular flexibility index (Phi) is 6.50. The average Bonchev–Trinajstić information content (AvgIpc) is 2.74. The summed E-state index contributed by atoms with van der Waals surface area (Å²) in [5.41, 5.74) is -0.122. The fourth-order valence-electron chi connectivity index (χ4n) is 3.82. The van der Waals surface area contributed by atoms with Crippen LogP contribution in [0.3, 0.4) is 0 Å². The summed E-state index contributed by atoms with van der Waals surface area (Å²) in [6.07, 6.45) is -0.185. The normalized spacial score (nSPS) is 16.8. The predicted molar refractivity (Wildman–Crippen MR) is 108 cm³/mol. The molecule has 1 atom stereocenters. The zero-order chi connectivity index (χ0) is 21.7. The van der Waals surface area contributed by atoms with Gasteiger partial charge in [-0.1, -0.05) is 24.3 Å². The molecule has 1 aliphatic carbocycles. The largest absolute Gasteiger partial charge is 0.465 e. The third kappa shape index (κ3) is 4.20. The number of hydrogen-bond acceptors (Lipinski definition) is 5. The van der Waals surface area contributed by atoms with Crippen molar-refractivity contribution in [2.45, 2.75) is 32.6 Å². The SMILES string of the molecule is CCOC(=O)C1(C(=O)OCC)Cc2ccc(F)cc2C(C(=O)Nc2ccccc2)C1. The second-order valence-electron chi connectivity index (χ2n) is 7.15. The standard InChI is InChI=1S/C23H24FNO5/c1-3-29-21(27)23(22(28)30-4-2)13-15-10-11-16(24)12-18(15)19(14-23)20(26)25-17-8-6-5-7-9-17/h5-12,19H,3-4,13-14H2,1-2H3,(H,25,26). The Bertz CT molecular complexity index is 926. The monoisotopic (exact) mass is 413 g/mol. The second kappa shape index (κ2) is 9.07. The quantitative estimate of drug-likeness (QED) is 0.578. The molecule has 1 unspecified atom stereocenters. The topological polar surface area (TPSA) is 81.7 Å². The van der Waals surface area contributed by atoms with Crippen LogP contribution in [-0.2, 0) is 30.3 Å². The molecule has 0 aliphatic heterocycles. The van der Waals surface area contributed by atoms with Crippen LogP contribution < -0.4 is 5.32 Å². The Balaban J connectivity index is 2.05. The summed E-state index contributed by atoms with van der Waals surface area (Å²) >= 11 is 0. The van der Waals surface area contributed by atoms with E-state index in [1.807, 2.05) is 6.07 Å². The van der Waals surface area contributed by atoms with Crippen LogP contribution in [-0.4, -0.2) is 31.1 Å². The van der Waals surface area contributed by atoms with Crippen LogP contribution in [0.5, 0.6) is 0 Å². The molecule has 2 aromatic rings. The molecule has 0 saturated carbocycles. The summed E-state index contributed by atoms with van der Waals surface area (Å²) < 4.78 is 24.4. The summed E-state index contributed by atoms with van der Waals surface area (Å²) in [6, 6.07) is 12.8. The van der Waals surface area contributed by atoms with Gasteiger partial charge in [0.25, 0.3) is 0 Å². The van der Waals surface area contributed by atoms with Crippen molar-refractivity contribution < 1.29 is 28.2 Å². The van der Waals surface area contributed by atoms with Crippen LogP contribution in [0.1, 0.15) is 37.3 Å². The minimum Gasteiger partial charge on any atom is -0.465 e. The molecule has 3 rings (SSSR count). The van der Waals surface area contributed by atoms with Crippen LogP contribution in [0.4, 0.5) is 10.1 Å². The minimum atomic E-state index is -1.67. The highest BCUT2D eigenvalue weighted by atomic mass is 19.1. The van der Waals surface area contributed by atoms with Gasteiger partial charge in [-0.25, -0.2) is 4.39 Å². The van der Waals surface area contributed by atoms with Gasteiger partial charge in [-0.05, 0) is 62.1 Å². The molecule has 158 valence electrons. The van der Waals surface area contributed by atoms with Crippen LogP contribution >= 0.6 is 0 Å². The van der Waals surface area contributed by atoms with E-state index in [-0.39, 0.29) is 26.1 Å². The third-order valence-electron chi connectivity index (χ3n) is 5.22. The lowest BCUT2D eigenvalue weighted by molar-refractivity contribution is -0.173. The maximum atomic E-state index is 14.0. The summed E-state index contributed by atoms with van der Waals surface area (Å²) in [7, 11) is 0. The van der Waals surface area contributed by atoms with Gasteiger partial charge in [-0.15, -0.1) is 0 Å². The van der Waals surface area contributed by atoms with Crippen molar-refractivity contribution >= 4 is 23.5 Å². The van der Waals surface area contributed by atoms with E-state index in [0.717, 1.165) is 0 Å². The van der Waals surface area contributed by atoms with E-state index in [2.05, 4.69) is 5.32 Å². The highest BCUT2D eigenvalue weighted by molar-refractivity contribution is 6.03. The first-order chi connectivity index (χ1) is 14.4. The van der Waals surface area contributed by atoms with E-state index < -0.39 is 35.0 Å². The van der Waals surface area contributed by atoms with Crippen molar-refractivity contribution in [1.82, 2.24) is 0 Å². The van der Waals surface area contributed by atoms with Crippen molar-refractivity contribution in [1.29, 1.82) is 0 Å². The lowest BCUT2D eigenvalue weighted by Gasteiger charge is -2.37. The van der Waals surface area contributed by atoms with E-state index in [4.69, 9.17) is 9.47 Å². The smallest absolute Gasteiger partial charge is 0.323 e. The molecular formula is C23H24FNO5. The van der Waals surface area contributed by atoms with Gasteiger partial charge in [0.1, 0.15) is 5.82 Å². The molecule has 1 amide bonds. The number of rotatable bonds is 6. The summed E-state index contributed by atoms with van der Waals surface area (Å²) in [5.74, 6) is -3.35. The molecule has 0 bridgehead atoms. The molecule has 0 heterocycles. The average molecular weight is 413 g/mol. The van der Waals surface area contributed by atoms with Gasteiger partial charge in [0.05, 0.1) is 19.1 Å². The fourth-order valence-corrected chi connectivity index (χ4v) is 3.82. The predicted octanol–water partition coefficient (Wildman–Crippen LogP) is 3.61. The van der Waals surface area contributed by atoms with Gasteiger partial charge in [0.15, 0.2) is 5.41 Å². The first kappa shape index (κ1) is 21.5. The van der Waals surface area contributed by atoms with Crippen molar-refractivity contribution in [2.24, 2.45) is 5.41 Å². The lowest BCUT2D eigenvalue weighted by atomic mass is 9.66. The Morgan fingerprint density at radius 3 is 2.27 bits per heavy atom. The van der Waals surface area contributed by atoms with Gasteiger partial charge in [-0.2, -0.15) is 0 Å². The molecule has 1 N–H and O–H groups in total. The number of fused-ring (bicyclic) bond motifs is 1. The zero-order valence-corrected chi connectivity index (χ0v) is 16.9. The van der Waals surface area contributed by atoms with E-state index >= 15 is 0 Å². The molecule has 0 spiro atoms. The summed E-state index contributed by atoms with van der Waals surface area (Å²) in [4.78, 5) is 39.0. The number of para-hydroxylation sites is 1. The molecule has 0 fully saturated rings. The molecule has 0 radical (unpaired) electrons. The van der Waals surface area contributed by atoms with Crippen molar-refractivity contribution in [3.63, 3.8) is 0 Å². The molecular weight excluding hydrogens is 389 g/mol. The first-order valence-corrected chi connectivity index (χ1v) is 9.90. The molecule has 1 aliphatic rings. The number of nitrogens with one attached hydrogen (secondary N) is 1. The van der Waals surface area contributed by atoms with Crippen LogP contribution in [0.2, 0.25) is 0 Å². The molecule has 0 aromatic heterocycles. The Morgan fingerprint density at radius 1 is 1.03 bits per heavy atom. The maximum Gasteiger partial charge on any atom is 0.323 e. The first-order valence-electron chi connectivity index (χ1n) is 9.90. The van der Waals surface area contributed by atoms with Crippen LogP contribution in [0.15, 0.2) is 48.5 Å². The number of anilines is 1. The Morgan fingerprint density at radius 2 is 1.67 bits per heavy atom. The molecule has 6 nitrogen and oxygen atoms in total. The van der Waals surface area contributed by atoms with Gasteiger partial charge >= 0.3 is 11.9 Å². The van der Waals surface area contributed by atoms with Crippen molar-refractivity contribution in [3.8, 4) is 0 Å². The number of hydrogen-bond donors (Lipinski definition) is 1. The molecule has 7 heteroatoms. The van der Waals surface area contributed by atoms with Crippen molar-refractivity contribution in [3.05, 3.63) is 65.5 Å². The van der Waals surface area contributed by atoms with Crippen LogP contribution in [0.25, 0.3) is 0 Å².